The molecule has 2 N–H and O–H groups in total. The summed E-state index contributed by atoms with van der Waals surface area (Å²) in [5.74, 6) is 1.16. The zero-order chi connectivity index (χ0) is 13.9. The van der Waals surface area contributed by atoms with E-state index in [2.05, 4.69) is 14.8 Å². The van der Waals surface area contributed by atoms with Gasteiger partial charge < -0.3 is 10.6 Å². The summed E-state index contributed by atoms with van der Waals surface area (Å²) in [6, 6.07) is 3.76. The minimum absolute atomic E-state index is 0.229. The lowest BCUT2D eigenvalue weighted by atomic mass is 10.3. The molecule has 6 nitrogen and oxygen atoms in total. The van der Waals surface area contributed by atoms with Crippen LogP contribution < -0.4 is 10.6 Å². The molecule has 1 aliphatic heterocycles. The lowest BCUT2D eigenvalue weighted by Crippen LogP contribution is -2.47. The van der Waals surface area contributed by atoms with Gasteiger partial charge in [-0.2, -0.15) is 0 Å². The van der Waals surface area contributed by atoms with Crippen LogP contribution in [0.2, 0.25) is 0 Å². The first-order chi connectivity index (χ1) is 8.94. The summed E-state index contributed by atoms with van der Waals surface area (Å²) >= 11 is 0. The summed E-state index contributed by atoms with van der Waals surface area (Å²) in [7, 11) is -2.88. The first-order valence-electron chi connectivity index (χ1n) is 6.30. The average molecular weight is 284 g/mol. The van der Waals surface area contributed by atoms with E-state index in [1.165, 1.54) is 6.26 Å². The van der Waals surface area contributed by atoms with Crippen molar-refractivity contribution in [3.05, 3.63) is 18.3 Å². The van der Waals surface area contributed by atoms with E-state index in [1.807, 2.05) is 12.1 Å². The van der Waals surface area contributed by atoms with Gasteiger partial charge in [0.1, 0.15) is 15.7 Å². The van der Waals surface area contributed by atoms with Gasteiger partial charge in [-0.05, 0) is 12.1 Å². The van der Waals surface area contributed by atoms with Crippen LogP contribution in [0.5, 0.6) is 0 Å². The Kier molecular flexibility index (Phi) is 4.26. The lowest BCUT2D eigenvalue weighted by molar-refractivity contribution is 0.271. The Balaban J connectivity index is 1.84. The van der Waals surface area contributed by atoms with Crippen molar-refractivity contribution in [3.8, 4) is 0 Å². The SMILES string of the molecule is CS(=O)(=O)CCN1CCN(c2ccc(N)cn2)CC1. The van der Waals surface area contributed by atoms with Gasteiger partial charge in [-0.3, -0.25) is 4.90 Å². The van der Waals surface area contributed by atoms with Crippen molar-refractivity contribution in [2.24, 2.45) is 0 Å². The highest BCUT2D eigenvalue weighted by atomic mass is 32.2. The zero-order valence-corrected chi connectivity index (χ0v) is 11.9. The van der Waals surface area contributed by atoms with Gasteiger partial charge in [-0.25, -0.2) is 13.4 Å². The van der Waals surface area contributed by atoms with E-state index in [0.29, 0.717) is 12.2 Å². The van der Waals surface area contributed by atoms with Crippen LogP contribution in [0.1, 0.15) is 0 Å². The van der Waals surface area contributed by atoms with Gasteiger partial charge in [0.25, 0.3) is 0 Å². The second-order valence-electron chi connectivity index (χ2n) is 4.91. The molecular formula is C12H20N4O2S. The third-order valence-electron chi connectivity index (χ3n) is 3.25. The molecule has 1 aromatic heterocycles. The number of nitrogens with two attached hydrogens (primary N) is 1. The van der Waals surface area contributed by atoms with Gasteiger partial charge in [-0.1, -0.05) is 0 Å². The van der Waals surface area contributed by atoms with E-state index in [0.717, 1.165) is 32.0 Å². The third-order valence-corrected chi connectivity index (χ3v) is 4.17. The Bertz CT molecular complexity index is 507. The predicted octanol–water partition coefficient (Wildman–Crippen LogP) is -0.170. The van der Waals surface area contributed by atoms with Crippen LogP contribution in [0.4, 0.5) is 11.5 Å². The molecule has 0 aromatic carbocycles. The molecule has 106 valence electrons. The van der Waals surface area contributed by atoms with Gasteiger partial charge in [-0.15, -0.1) is 0 Å². The largest absolute Gasteiger partial charge is 0.397 e. The number of pyridine rings is 1. The van der Waals surface area contributed by atoms with Gasteiger partial charge in [0.05, 0.1) is 17.6 Å². The Morgan fingerprint density at radius 1 is 1.26 bits per heavy atom. The molecule has 1 saturated heterocycles. The van der Waals surface area contributed by atoms with Crippen LogP contribution in [-0.4, -0.2) is 63.0 Å². The number of hydrogen-bond donors (Lipinski definition) is 1. The maximum absolute atomic E-state index is 11.1. The molecule has 0 amide bonds. The van der Waals surface area contributed by atoms with Crippen LogP contribution in [0, 0.1) is 0 Å². The Morgan fingerprint density at radius 3 is 2.47 bits per heavy atom. The molecule has 0 aliphatic carbocycles. The smallest absolute Gasteiger partial charge is 0.148 e. The molecule has 2 rings (SSSR count). The van der Waals surface area contributed by atoms with Crippen LogP contribution in [0.3, 0.4) is 0 Å². The highest BCUT2D eigenvalue weighted by Gasteiger charge is 2.18. The van der Waals surface area contributed by atoms with Crippen LogP contribution in [0.25, 0.3) is 0 Å². The second-order valence-corrected chi connectivity index (χ2v) is 7.17. The minimum atomic E-state index is -2.88. The first kappa shape index (κ1) is 14.1. The molecule has 0 saturated carbocycles. The number of sulfone groups is 1. The summed E-state index contributed by atoms with van der Waals surface area (Å²) < 4.78 is 22.3. The van der Waals surface area contributed by atoms with Gasteiger partial charge in [0, 0.05) is 39.0 Å². The van der Waals surface area contributed by atoms with Crippen molar-refractivity contribution in [2.45, 2.75) is 0 Å². The number of anilines is 2. The van der Waals surface area contributed by atoms with E-state index in [9.17, 15) is 8.42 Å². The van der Waals surface area contributed by atoms with Gasteiger partial charge >= 0.3 is 0 Å². The lowest BCUT2D eigenvalue weighted by Gasteiger charge is -2.35. The van der Waals surface area contributed by atoms with E-state index in [1.54, 1.807) is 6.20 Å². The highest BCUT2D eigenvalue weighted by Crippen LogP contribution is 2.14. The van der Waals surface area contributed by atoms with E-state index < -0.39 is 9.84 Å². The van der Waals surface area contributed by atoms with E-state index >= 15 is 0 Å². The maximum atomic E-state index is 11.1. The molecule has 1 aromatic rings. The fourth-order valence-electron chi connectivity index (χ4n) is 2.08. The second kappa shape index (κ2) is 5.75. The minimum Gasteiger partial charge on any atom is -0.397 e. The zero-order valence-electron chi connectivity index (χ0n) is 11.1. The molecule has 1 fully saturated rings. The summed E-state index contributed by atoms with van der Waals surface area (Å²) in [6.07, 6.45) is 2.94. The first-order valence-corrected chi connectivity index (χ1v) is 8.37. The highest BCUT2D eigenvalue weighted by molar-refractivity contribution is 7.90. The van der Waals surface area contributed by atoms with Crippen molar-refractivity contribution in [2.75, 3.05) is 55.4 Å². The number of rotatable bonds is 4. The topological polar surface area (TPSA) is 79.5 Å². The van der Waals surface area contributed by atoms with Crippen LogP contribution >= 0.6 is 0 Å². The summed E-state index contributed by atoms with van der Waals surface area (Å²) in [5, 5.41) is 0. The van der Waals surface area contributed by atoms with Crippen molar-refractivity contribution in [1.82, 2.24) is 9.88 Å². The molecule has 0 unspecified atom stereocenters. The Labute approximate surface area is 114 Å². The van der Waals surface area contributed by atoms with E-state index in [-0.39, 0.29) is 5.75 Å². The van der Waals surface area contributed by atoms with Gasteiger partial charge in [0.15, 0.2) is 0 Å². The molecule has 0 atom stereocenters. The molecule has 2 heterocycles. The predicted molar refractivity (Wildman–Crippen MR) is 77.0 cm³/mol. The molecule has 0 spiro atoms. The standard InChI is InChI=1S/C12H20N4O2S/c1-19(17,18)9-8-15-4-6-16(7-5-15)12-3-2-11(13)10-14-12/h2-3,10H,4-9,13H2,1H3. The van der Waals surface area contributed by atoms with Crippen molar-refractivity contribution in [3.63, 3.8) is 0 Å². The molecule has 19 heavy (non-hydrogen) atoms. The van der Waals surface area contributed by atoms with Crippen LogP contribution in [-0.2, 0) is 9.84 Å². The number of hydrogen-bond acceptors (Lipinski definition) is 6. The van der Waals surface area contributed by atoms with Crippen molar-refractivity contribution >= 4 is 21.3 Å². The molecule has 1 aliphatic rings. The maximum Gasteiger partial charge on any atom is 0.148 e. The van der Waals surface area contributed by atoms with E-state index in [4.69, 9.17) is 5.73 Å². The van der Waals surface area contributed by atoms with Crippen molar-refractivity contribution < 1.29 is 8.42 Å². The normalized spacial score (nSPS) is 17.6. The summed E-state index contributed by atoms with van der Waals surface area (Å²) in [4.78, 5) is 8.67. The Morgan fingerprint density at radius 2 is 1.95 bits per heavy atom. The monoisotopic (exact) mass is 284 g/mol. The fraction of sp³-hybridized carbons (Fsp3) is 0.583. The summed E-state index contributed by atoms with van der Waals surface area (Å²) in [6.45, 7) is 4.06. The number of nitrogens with zero attached hydrogens (tertiary/aromatic N) is 3. The van der Waals surface area contributed by atoms with Gasteiger partial charge in [0.2, 0.25) is 0 Å². The summed E-state index contributed by atoms with van der Waals surface area (Å²) in [5.41, 5.74) is 6.27. The number of nitrogen functional groups attached to an aromatic ring is 1. The molecule has 0 bridgehead atoms. The van der Waals surface area contributed by atoms with Crippen LogP contribution in [0.15, 0.2) is 18.3 Å². The average Bonchev–Trinajstić information content (AvgIpc) is 2.37. The molecule has 0 radical (unpaired) electrons. The number of aromatic nitrogens is 1. The third kappa shape index (κ3) is 4.36. The molecule has 7 heteroatoms. The fourth-order valence-corrected chi connectivity index (χ4v) is 2.67. The van der Waals surface area contributed by atoms with Crippen molar-refractivity contribution in [1.29, 1.82) is 0 Å². The number of piperazine rings is 1. The molecular weight excluding hydrogens is 264 g/mol. The quantitative estimate of drug-likeness (QED) is 0.827. The Hall–Kier alpha value is -1.34.